The lowest BCUT2D eigenvalue weighted by Gasteiger charge is -2.25. The Kier molecular flexibility index (Phi) is 6.03. The maximum Gasteiger partial charge on any atom is 0.300 e. The number of carbonyl (C=O) groups excluding carboxylic acids is 2. The number of carbonyl (C=O) groups is 2. The predicted molar refractivity (Wildman–Crippen MR) is 122 cm³/mol. The molecular weight excluding hydrogens is 404 g/mol. The van der Waals surface area contributed by atoms with Gasteiger partial charge in [-0.15, -0.1) is 0 Å². The van der Waals surface area contributed by atoms with Crippen molar-refractivity contribution in [2.45, 2.75) is 26.3 Å². The number of rotatable bonds is 6. The smallest absolute Gasteiger partial charge is 0.300 e. The van der Waals surface area contributed by atoms with E-state index in [-0.39, 0.29) is 11.3 Å². The zero-order chi connectivity index (χ0) is 22.7. The number of anilines is 1. The summed E-state index contributed by atoms with van der Waals surface area (Å²) in [5.74, 6) is -1.04. The van der Waals surface area contributed by atoms with Crippen LogP contribution in [0.25, 0.3) is 5.76 Å². The number of aryl methyl sites for hydroxylation is 1. The third-order valence-corrected chi connectivity index (χ3v) is 5.51. The monoisotopic (exact) mass is 428 g/mol. The molecule has 6 heteroatoms. The number of ketones is 1. The molecule has 1 saturated heterocycles. The summed E-state index contributed by atoms with van der Waals surface area (Å²) in [5.41, 5.74) is 2.84. The Morgan fingerprint density at radius 1 is 1.03 bits per heavy atom. The summed E-state index contributed by atoms with van der Waals surface area (Å²) in [6.07, 6.45) is 4.06. The zero-order valence-electron chi connectivity index (χ0n) is 18.0. The first-order valence-corrected chi connectivity index (χ1v) is 10.6. The van der Waals surface area contributed by atoms with Crippen molar-refractivity contribution in [1.29, 1.82) is 0 Å². The molecule has 1 unspecified atom stereocenters. The third kappa shape index (κ3) is 3.87. The highest BCUT2D eigenvalue weighted by Crippen LogP contribution is 2.42. The summed E-state index contributed by atoms with van der Waals surface area (Å²) in [6, 6.07) is 17.1. The van der Waals surface area contributed by atoms with Crippen molar-refractivity contribution in [2.24, 2.45) is 0 Å². The summed E-state index contributed by atoms with van der Waals surface area (Å²) in [5, 5.41) is 11.1. The SMILES string of the molecule is CCOc1cccc(N2C(=O)C(=O)/C(=C(/O)c3ccc(CC)cc3)C2c2ccncc2)c1. The molecule has 0 saturated carbocycles. The van der Waals surface area contributed by atoms with Crippen LogP contribution < -0.4 is 9.64 Å². The largest absolute Gasteiger partial charge is 0.507 e. The van der Waals surface area contributed by atoms with E-state index in [0.29, 0.717) is 29.2 Å². The van der Waals surface area contributed by atoms with Gasteiger partial charge >= 0.3 is 0 Å². The third-order valence-electron chi connectivity index (χ3n) is 5.51. The Hall–Kier alpha value is -3.93. The van der Waals surface area contributed by atoms with Gasteiger partial charge in [-0.1, -0.05) is 37.3 Å². The Morgan fingerprint density at radius 2 is 1.75 bits per heavy atom. The molecule has 0 spiro atoms. The molecule has 0 radical (unpaired) electrons. The van der Waals surface area contributed by atoms with Crippen LogP contribution in [0.4, 0.5) is 5.69 Å². The van der Waals surface area contributed by atoms with Crippen LogP contribution in [0.1, 0.15) is 36.6 Å². The molecule has 3 aromatic rings. The lowest BCUT2D eigenvalue weighted by atomic mass is 9.95. The fourth-order valence-electron chi connectivity index (χ4n) is 3.90. The average Bonchev–Trinajstić information content (AvgIpc) is 3.10. The Labute approximate surface area is 186 Å². The van der Waals surface area contributed by atoms with Gasteiger partial charge in [-0.2, -0.15) is 0 Å². The summed E-state index contributed by atoms with van der Waals surface area (Å²) in [7, 11) is 0. The van der Waals surface area contributed by atoms with E-state index in [1.165, 1.54) is 4.90 Å². The van der Waals surface area contributed by atoms with E-state index in [1.54, 1.807) is 60.9 Å². The first-order chi connectivity index (χ1) is 15.5. The predicted octanol–water partition coefficient (Wildman–Crippen LogP) is 4.67. The quantitative estimate of drug-likeness (QED) is 0.351. The van der Waals surface area contributed by atoms with E-state index in [9.17, 15) is 14.7 Å². The minimum atomic E-state index is -0.791. The second-order valence-corrected chi connectivity index (χ2v) is 7.43. The summed E-state index contributed by atoms with van der Waals surface area (Å²) in [6.45, 7) is 4.39. The number of hydrogen-bond acceptors (Lipinski definition) is 5. The molecular formula is C26H24N2O4. The second-order valence-electron chi connectivity index (χ2n) is 7.43. The van der Waals surface area contributed by atoms with Crippen molar-refractivity contribution in [2.75, 3.05) is 11.5 Å². The van der Waals surface area contributed by atoms with Gasteiger partial charge in [0.05, 0.1) is 18.2 Å². The molecule has 2 heterocycles. The van der Waals surface area contributed by atoms with Crippen molar-refractivity contribution >= 4 is 23.1 Å². The van der Waals surface area contributed by atoms with Gasteiger partial charge in [0, 0.05) is 29.7 Å². The summed E-state index contributed by atoms with van der Waals surface area (Å²) < 4.78 is 5.58. The molecule has 1 aliphatic rings. The van der Waals surface area contributed by atoms with Gasteiger partial charge in [0.1, 0.15) is 11.5 Å². The molecule has 1 atom stereocenters. The molecule has 6 nitrogen and oxygen atoms in total. The van der Waals surface area contributed by atoms with Gasteiger partial charge in [-0.3, -0.25) is 19.5 Å². The van der Waals surface area contributed by atoms with Crippen molar-refractivity contribution in [3.05, 3.63) is 95.3 Å². The maximum atomic E-state index is 13.2. The van der Waals surface area contributed by atoms with Crippen molar-refractivity contribution in [3.8, 4) is 5.75 Å². The van der Waals surface area contributed by atoms with Crippen LogP contribution in [0.2, 0.25) is 0 Å². The number of Topliss-reactive ketones (excluding diaryl/α,β-unsaturated/α-hetero) is 1. The van der Waals surface area contributed by atoms with Gasteiger partial charge in [0.15, 0.2) is 0 Å². The number of pyridine rings is 1. The highest BCUT2D eigenvalue weighted by atomic mass is 16.5. The zero-order valence-corrected chi connectivity index (χ0v) is 18.0. The minimum absolute atomic E-state index is 0.0484. The van der Waals surface area contributed by atoms with Crippen LogP contribution in [-0.2, 0) is 16.0 Å². The molecule has 162 valence electrons. The molecule has 1 aliphatic heterocycles. The number of nitrogens with zero attached hydrogens (tertiary/aromatic N) is 2. The maximum absolute atomic E-state index is 13.2. The number of aromatic nitrogens is 1. The van der Waals surface area contributed by atoms with E-state index in [1.807, 2.05) is 26.0 Å². The lowest BCUT2D eigenvalue weighted by molar-refractivity contribution is -0.132. The standard InChI is InChI=1S/C26H24N2O4/c1-3-17-8-10-19(11-9-17)24(29)22-23(18-12-14-27-15-13-18)28(26(31)25(22)30)20-6-5-7-21(16-20)32-4-2/h5-16,23,29H,3-4H2,1-2H3/b24-22+. The highest BCUT2D eigenvalue weighted by molar-refractivity contribution is 6.51. The van der Waals surface area contributed by atoms with E-state index < -0.39 is 17.7 Å². The van der Waals surface area contributed by atoms with Crippen molar-refractivity contribution in [1.82, 2.24) is 4.98 Å². The first-order valence-electron chi connectivity index (χ1n) is 10.6. The van der Waals surface area contributed by atoms with Gasteiger partial charge < -0.3 is 9.84 Å². The van der Waals surface area contributed by atoms with E-state index in [2.05, 4.69) is 4.98 Å². The van der Waals surface area contributed by atoms with Crippen molar-refractivity contribution in [3.63, 3.8) is 0 Å². The molecule has 1 fully saturated rings. The molecule has 4 rings (SSSR count). The van der Waals surface area contributed by atoms with E-state index in [4.69, 9.17) is 4.74 Å². The summed E-state index contributed by atoms with van der Waals surface area (Å²) >= 11 is 0. The molecule has 0 bridgehead atoms. The van der Waals surface area contributed by atoms with Crippen molar-refractivity contribution < 1.29 is 19.4 Å². The van der Waals surface area contributed by atoms with E-state index >= 15 is 0 Å². The number of hydrogen-bond donors (Lipinski definition) is 1. The van der Waals surface area contributed by atoms with Crippen LogP contribution in [0.3, 0.4) is 0 Å². The van der Waals surface area contributed by atoms with Crippen LogP contribution in [0.5, 0.6) is 5.75 Å². The Morgan fingerprint density at radius 3 is 2.41 bits per heavy atom. The van der Waals surface area contributed by atoms with Crippen LogP contribution >= 0.6 is 0 Å². The highest BCUT2D eigenvalue weighted by Gasteiger charge is 2.47. The Balaban J connectivity index is 1.89. The van der Waals surface area contributed by atoms with Gasteiger partial charge in [0.25, 0.3) is 11.7 Å². The first kappa shape index (κ1) is 21.3. The van der Waals surface area contributed by atoms with Gasteiger partial charge in [0.2, 0.25) is 0 Å². The fraction of sp³-hybridized carbons (Fsp3) is 0.192. The number of benzene rings is 2. The minimum Gasteiger partial charge on any atom is -0.507 e. The molecule has 1 amide bonds. The van der Waals surface area contributed by atoms with Gasteiger partial charge in [-0.25, -0.2) is 0 Å². The average molecular weight is 428 g/mol. The number of ether oxygens (including phenoxy) is 1. The topological polar surface area (TPSA) is 79.7 Å². The normalized spacial score (nSPS) is 17.6. The molecule has 1 N–H and O–H groups in total. The summed E-state index contributed by atoms with van der Waals surface area (Å²) in [4.78, 5) is 31.8. The number of amides is 1. The van der Waals surface area contributed by atoms with Crippen LogP contribution in [0.15, 0.2) is 78.6 Å². The molecule has 2 aromatic carbocycles. The van der Waals surface area contributed by atoms with Gasteiger partial charge in [-0.05, 0) is 48.7 Å². The lowest BCUT2D eigenvalue weighted by Crippen LogP contribution is -2.29. The molecule has 0 aliphatic carbocycles. The number of aliphatic hydroxyl groups excluding tert-OH is 1. The Bertz CT molecular complexity index is 1170. The number of aliphatic hydroxyl groups is 1. The molecule has 32 heavy (non-hydrogen) atoms. The van der Waals surface area contributed by atoms with Crippen LogP contribution in [0, 0.1) is 0 Å². The fourth-order valence-corrected chi connectivity index (χ4v) is 3.90. The van der Waals surface area contributed by atoms with Crippen LogP contribution in [-0.4, -0.2) is 28.4 Å². The van der Waals surface area contributed by atoms with E-state index in [0.717, 1.165) is 12.0 Å². The molecule has 1 aromatic heterocycles. The second kappa shape index (κ2) is 9.06.